The predicted octanol–water partition coefficient (Wildman–Crippen LogP) is 5.24. The van der Waals surface area contributed by atoms with Gasteiger partial charge in [-0.1, -0.05) is 31.2 Å². The molecule has 0 aliphatic rings. The number of aryl methyl sites for hydroxylation is 1. The van der Waals surface area contributed by atoms with E-state index in [9.17, 15) is 9.18 Å². The Morgan fingerprint density at radius 2 is 1.87 bits per heavy atom. The summed E-state index contributed by atoms with van der Waals surface area (Å²) in [6.07, 6.45) is 5.45. The van der Waals surface area contributed by atoms with Crippen molar-refractivity contribution in [2.24, 2.45) is 0 Å². The molecule has 31 heavy (non-hydrogen) atoms. The second-order valence-electron chi connectivity index (χ2n) is 6.82. The van der Waals surface area contributed by atoms with Crippen molar-refractivity contribution in [1.29, 1.82) is 0 Å². The number of hydrogen-bond donors (Lipinski definition) is 2. The lowest BCUT2D eigenvalue weighted by Crippen LogP contribution is -2.12. The first kappa shape index (κ1) is 20.2. The summed E-state index contributed by atoms with van der Waals surface area (Å²) in [6.45, 7) is 2.03. The average Bonchev–Trinajstić information content (AvgIpc) is 2.80. The topological polar surface area (TPSA) is 79.8 Å². The summed E-state index contributed by atoms with van der Waals surface area (Å²) >= 11 is 0. The Morgan fingerprint density at radius 1 is 1.00 bits per heavy atom. The maximum Gasteiger partial charge on any atom is 0.255 e. The summed E-state index contributed by atoms with van der Waals surface area (Å²) in [4.78, 5) is 25.6. The molecule has 0 bridgehead atoms. The zero-order valence-electron chi connectivity index (χ0n) is 16.8. The predicted molar refractivity (Wildman–Crippen MR) is 119 cm³/mol. The number of anilines is 3. The molecule has 0 atom stereocenters. The van der Waals surface area contributed by atoms with Crippen molar-refractivity contribution in [3.8, 4) is 11.1 Å². The van der Waals surface area contributed by atoms with E-state index in [1.165, 1.54) is 12.3 Å². The third kappa shape index (κ3) is 4.90. The number of nitrogens with zero attached hydrogens (tertiary/aromatic N) is 3. The van der Waals surface area contributed by atoms with Crippen molar-refractivity contribution in [3.05, 3.63) is 96.3 Å². The molecule has 7 heteroatoms. The summed E-state index contributed by atoms with van der Waals surface area (Å²) in [5.41, 5.74) is 2.84. The summed E-state index contributed by atoms with van der Waals surface area (Å²) in [6, 6.07) is 17.1. The van der Waals surface area contributed by atoms with Gasteiger partial charge in [0.2, 0.25) is 0 Å². The number of halogens is 1. The van der Waals surface area contributed by atoms with Crippen LogP contribution in [-0.2, 0) is 6.42 Å². The van der Waals surface area contributed by atoms with Gasteiger partial charge in [0.15, 0.2) is 0 Å². The Bertz CT molecular complexity index is 1230. The van der Waals surface area contributed by atoms with Crippen LogP contribution in [0.5, 0.6) is 0 Å². The minimum Gasteiger partial charge on any atom is -0.325 e. The highest BCUT2D eigenvalue weighted by Gasteiger charge is 2.10. The molecule has 3 heterocycles. The van der Waals surface area contributed by atoms with E-state index in [0.29, 0.717) is 34.0 Å². The standard InChI is InChI=1S/C24H20FN5O/c1-2-18-6-5-9-22(28-18)30-23-13-16(10-11-27-23)24(31)29-19-12-17(14-26-15-19)20-7-3-4-8-21(20)25/h3-15H,2H2,1H3,(H,29,31)(H,27,28,30). The smallest absolute Gasteiger partial charge is 0.255 e. The highest BCUT2D eigenvalue weighted by Crippen LogP contribution is 2.24. The van der Waals surface area contributed by atoms with Gasteiger partial charge in [0.1, 0.15) is 17.5 Å². The lowest BCUT2D eigenvalue weighted by atomic mass is 10.1. The van der Waals surface area contributed by atoms with Crippen LogP contribution in [0.25, 0.3) is 11.1 Å². The summed E-state index contributed by atoms with van der Waals surface area (Å²) in [5, 5.41) is 5.92. The third-order valence-electron chi connectivity index (χ3n) is 4.63. The minimum atomic E-state index is -0.349. The zero-order valence-corrected chi connectivity index (χ0v) is 16.8. The summed E-state index contributed by atoms with van der Waals surface area (Å²) < 4.78 is 14.1. The molecule has 0 unspecified atom stereocenters. The maximum atomic E-state index is 14.1. The van der Waals surface area contributed by atoms with Gasteiger partial charge >= 0.3 is 0 Å². The van der Waals surface area contributed by atoms with E-state index >= 15 is 0 Å². The molecular formula is C24H20FN5O. The van der Waals surface area contributed by atoms with Crippen LogP contribution in [0, 0.1) is 5.82 Å². The van der Waals surface area contributed by atoms with E-state index < -0.39 is 0 Å². The van der Waals surface area contributed by atoms with E-state index in [-0.39, 0.29) is 11.7 Å². The van der Waals surface area contributed by atoms with Crippen LogP contribution in [0.2, 0.25) is 0 Å². The molecule has 0 aliphatic heterocycles. The molecule has 0 saturated heterocycles. The molecule has 3 aromatic heterocycles. The van der Waals surface area contributed by atoms with Gasteiger partial charge in [-0.2, -0.15) is 0 Å². The first-order valence-electron chi connectivity index (χ1n) is 9.82. The molecule has 6 nitrogen and oxygen atoms in total. The molecule has 1 amide bonds. The number of carbonyl (C=O) groups is 1. The van der Waals surface area contributed by atoms with Gasteiger partial charge in [-0.15, -0.1) is 0 Å². The van der Waals surface area contributed by atoms with Gasteiger partial charge in [0.25, 0.3) is 5.91 Å². The highest BCUT2D eigenvalue weighted by molar-refractivity contribution is 6.04. The number of benzene rings is 1. The Hall–Kier alpha value is -4.13. The molecule has 0 fully saturated rings. The van der Waals surface area contributed by atoms with Crippen molar-refractivity contribution in [2.45, 2.75) is 13.3 Å². The van der Waals surface area contributed by atoms with E-state index in [1.807, 2.05) is 25.1 Å². The normalized spacial score (nSPS) is 10.5. The molecule has 1 aromatic carbocycles. The Morgan fingerprint density at radius 3 is 2.71 bits per heavy atom. The molecule has 4 aromatic rings. The lowest BCUT2D eigenvalue weighted by Gasteiger charge is -2.10. The fourth-order valence-electron chi connectivity index (χ4n) is 3.07. The SMILES string of the molecule is CCc1cccc(Nc2cc(C(=O)Nc3cncc(-c4ccccc4F)c3)ccn2)n1. The largest absolute Gasteiger partial charge is 0.325 e. The van der Waals surface area contributed by atoms with Crippen LogP contribution in [0.4, 0.5) is 21.7 Å². The van der Waals surface area contributed by atoms with Crippen molar-refractivity contribution in [1.82, 2.24) is 15.0 Å². The molecule has 154 valence electrons. The Balaban J connectivity index is 1.51. The monoisotopic (exact) mass is 413 g/mol. The van der Waals surface area contributed by atoms with Gasteiger partial charge in [-0.05, 0) is 42.8 Å². The van der Waals surface area contributed by atoms with Gasteiger partial charge in [-0.3, -0.25) is 9.78 Å². The van der Waals surface area contributed by atoms with Gasteiger partial charge in [0, 0.05) is 34.8 Å². The molecule has 2 N–H and O–H groups in total. The second-order valence-corrected chi connectivity index (χ2v) is 6.82. The number of carbonyl (C=O) groups excluding carboxylic acids is 1. The number of nitrogens with one attached hydrogen (secondary N) is 2. The first-order chi connectivity index (χ1) is 15.1. The molecular weight excluding hydrogens is 393 g/mol. The van der Waals surface area contributed by atoms with Crippen LogP contribution >= 0.6 is 0 Å². The van der Waals surface area contributed by atoms with Gasteiger partial charge in [0.05, 0.1) is 11.9 Å². The van der Waals surface area contributed by atoms with Crippen molar-refractivity contribution < 1.29 is 9.18 Å². The van der Waals surface area contributed by atoms with Crippen LogP contribution in [-0.4, -0.2) is 20.9 Å². The fourth-order valence-corrected chi connectivity index (χ4v) is 3.07. The highest BCUT2D eigenvalue weighted by atomic mass is 19.1. The van der Waals surface area contributed by atoms with Crippen LogP contribution < -0.4 is 10.6 Å². The van der Waals surface area contributed by atoms with E-state index in [4.69, 9.17) is 0 Å². The maximum absolute atomic E-state index is 14.1. The van der Waals surface area contributed by atoms with E-state index in [1.54, 1.807) is 48.8 Å². The minimum absolute atomic E-state index is 0.326. The summed E-state index contributed by atoms with van der Waals surface area (Å²) in [7, 11) is 0. The molecule has 0 saturated carbocycles. The van der Waals surface area contributed by atoms with E-state index in [0.717, 1.165) is 12.1 Å². The van der Waals surface area contributed by atoms with Crippen molar-refractivity contribution in [3.63, 3.8) is 0 Å². The molecule has 4 rings (SSSR count). The summed E-state index contributed by atoms with van der Waals surface area (Å²) in [5.74, 6) is 0.490. The van der Waals surface area contributed by atoms with Crippen LogP contribution in [0.1, 0.15) is 23.0 Å². The van der Waals surface area contributed by atoms with Crippen molar-refractivity contribution >= 4 is 23.2 Å². The number of amides is 1. The fraction of sp³-hybridized carbons (Fsp3) is 0.0833. The van der Waals surface area contributed by atoms with Gasteiger partial charge < -0.3 is 10.6 Å². The molecule has 0 aliphatic carbocycles. The molecule has 0 spiro atoms. The number of pyridine rings is 3. The number of hydrogen-bond acceptors (Lipinski definition) is 5. The third-order valence-corrected chi connectivity index (χ3v) is 4.63. The van der Waals surface area contributed by atoms with Crippen molar-refractivity contribution in [2.75, 3.05) is 10.6 Å². The molecule has 0 radical (unpaired) electrons. The zero-order chi connectivity index (χ0) is 21.6. The number of rotatable bonds is 6. The lowest BCUT2D eigenvalue weighted by molar-refractivity contribution is 0.102. The quantitative estimate of drug-likeness (QED) is 0.452. The first-order valence-corrected chi connectivity index (χ1v) is 9.82. The van der Waals surface area contributed by atoms with Crippen LogP contribution in [0.3, 0.4) is 0 Å². The van der Waals surface area contributed by atoms with Gasteiger partial charge in [-0.25, -0.2) is 14.4 Å². The number of aromatic nitrogens is 3. The van der Waals surface area contributed by atoms with Crippen LogP contribution in [0.15, 0.2) is 79.3 Å². The Labute approximate surface area is 179 Å². The second kappa shape index (κ2) is 9.13. The average molecular weight is 413 g/mol. The Kier molecular flexibility index (Phi) is 5.93. The van der Waals surface area contributed by atoms with E-state index in [2.05, 4.69) is 25.6 Å².